The third-order valence-electron chi connectivity index (χ3n) is 3.71. The van der Waals surface area contributed by atoms with Crippen molar-refractivity contribution in [1.29, 1.82) is 0 Å². The maximum atomic E-state index is 12.5. The van der Waals surface area contributed by atoms with Crippen molar-refractivity contribution in [3.05, 3.63) is 94.6 Å². The Balaban J connectivity index is 1.87. The summed E-state index contributed by atoms with van der Waals surface area (Å²) in [5.41, 5.74) is -0.0207. The number of carbonyl (C=O) groups is 1. The fourth-order valence-corrected chi connectivity index (χ4v) is 3.52. The van der Waals surface area contributed by atoms with Gasteiger partial charge in [0.15, 0.2) is 11.0 Å². The standard InChI is InChI=1S/C18H14N4O6S/c23-18(21-29(26,27)16-10-2-1-9-15(16)22(24)25)28-17(13-7-3-5-11-19-13)14-8-4-6-12-20-14/h1-12,17H,(H,21,23). The number of hydrogen-bond acceptors (Lipinski definition) is 8. The fraction of sp³-hybridized carbons (Fsp3) is 0.0556. The lowest BCUT2D eigenvalue weighted by Gasteiger charge is -2.17. The number of amides is 1. The average Bonchev–Trinajstić information content (AvgIpc) is 2.73. The van der Waals surface area contributed by atoms with Crippen LogP contribution in [-0.2, 0) is 14.8 Å². The minimum Gasteiger partial charge on any atom is -0.432 e. The highest BCUT2D eigenvalue weighted by atomic mass is 32.2. The Morgan fingerprint density at radius 2 is 1.52 bits per heavy atom. The van der Waals surface area contributed by atoms with Crippen LogP contribution in [0.2, 0.25) is 0 Å². The van der Waals surface area contributed by atoms with Crippen LogP contribution >= 0.6 is 0 Å². The van der Waals surface area contributed by atoms with Gasteiger partial charge in [-0.05, 0) is 30.3 Å². The van der Waals surface area contributed by atoms with Crippen LogP contribution in [-0.4, -0.2) is 29.4 Å². The summed E-state index contributed by atoms with van der Waals surface area (Å²) in [4.78, 5) is 30.1. The molecule has 0 bridgehead atoms. The highest BCUT2D eigenvalue weighted by Crippen LogP contribution is 2.25. The van der Waals surface area contributed by atoms with E-state index >= 15 is 0 Å². The first-order valence-corrected chi connectivity index (χ1v) is 9.65. The van der Waals surface area contributed by atoms with Crippen LogP contribution in [0, 0.1) is 10.1 Å². The Labute approximate surface area is 165 Å². The van der Waals surface area contributed by atoms with Gasteiger partial charge in [0.1, 0.15) is 0 Å². The Hall–Kier alpha value is -3.86. The number of nitrogens with one attached hydrogen (secondary N) is 1. The maximum Gasteiger partial charge on any atom is 0.422 e. The predicted octanol–water partition coefficient (Wildman–Crippen LogP) is 2.59. The highest BCUT2D eigenvalue weighted by molar-refractivity contribution is 7.90. The zero-order valence-corrected chi connectivity index (χ0v) is 15.5. The summed E-state index contributed by atoms with van der Waals surface area (Å²) in [6.45, 7) is 0. The van der Waals surface area contributed by atoms with Crippen molar-refractivity contribution in [1.82, 2.24) is 14.7 Å². The van der Waals surface area contributed by atoms with Crippen molar-refractivity contribution >= 4 is 21.8 Å². The topological polar surface area (TPSA) is 141 Å². The zero-order chi connectivity index (χ0) is 20.9. The van der Waals surface area contributed by atoms with E-state index in [-0.39, 0.29) is 0 Å². The normalized spacial score (nSPS) is 11.1. The smallest absolute Gasteiger partial charge is 0.422 e. The van der Waals surface area contributed by atoms with Gasteiger partial charge in [-0.25, -0.2) is 17.9 Å². The van der Waals surface area contributed by atoms with E-state index in [0.717, 1.165) is 12.1 Å². The third-order valence-corrected chi connectivity index (χ3v) is 5.07. The highest BCUT2D eigenvalue weighted by Gasteiger charge is 2.29. The van der Waals surface area contributed by atoms with E-state index in [1.807, 2.05) is 0 Å². The number of nitrogens with zero attached hydrogens (tertiary/aromatic N) is 3. The molecule has 0 atom stereocenters. The Bertz CT molecular complexity index is 1080. The number of rotatable bonds is 6. The van der Waals surface area contributed by atoms with Crippen molar-refractivity contribution in [3.8, 4) is 0 Å². The van der Waals surface area contributed by atoms with Crippen LogP contribution in [0.5, 0.6) is 0 Å². The summed E-state index contributed by atoms with van der Waals surface area (Å²) >= 11 is 0. The second-order valence-corrected chi connectivity index (χ2v) is 7.28. The van der Waals surface area contributed by atoms with Gasteiger partial charge in [0.25, 0.3) is 15.7 Å². The average molecular weight is 414 g/mol. The lowest BCUT2D eigenvalue weighted by Crippen LogP contribution is -2.33. The van der Waals surface area contributed by atoms with E-state index in [1.165, 1.54) is 24.5 Å². The lowest BCUT2D eigenvalue weighted by molar-refractivity contribution is -0.387. The molecular formula is C18H14N4O6S. The Kier molecular flexibility index (Phi) is 5.79. The molecule has 29 heavy (non-hydrogen) atoms. The van der Waals surface area contributed by atoms with Crippen molar-refractivity contribution in [2.45, 2.75) is 11.0 Å². The van der Waals surface area contributed by atoms with Crippen LogP contribution in [0.3, 0.4) is 0 Å². The molecular weight excluding hydrogens is 400 g/mol. The van der Waals surface area contributed by atoms with Crippen LogP contribution in [0.15, 0.2) is 78.0 Å². The summed E-state index contributed by atoms with van der Waals surface area (Å²) in [5, 5.41) is 11.1. The molecule has 0 saturated carbocycles. The van der Waals surface area contributed by atoms with Crippen LogP contribution < -0.4 is 4.72 Å². The molecule has 2 aromatic heterocycles. The number of nitro groups is 1. The van der Waals surface area contributed by atoms with Crippen molar-refractivity contribution in [2.75, 3.05) is 0 Å². The van der Waals surface area contributed by atoms with Gasteiger partial charge in [0.05, 0.1) is 16.3 Å². The first-order chi connectivity index (χ1) is 13.9. The molecule has 0 spiro atoms. The number of para-hydroxylation sites is 1. The number of hydrogen-bond donors (Lipinski definition) is 1. The van der Waals surface area contributed by atoms with Gasteiger partial charge in [0, 0.05) is 18.5 Å². The lowest BCUT2D eigenvalue weighted by atomic mass is 10.1. The van der Waals surface area contributed by atoms with Gasteiger partial charge in [-0.1, -0.05) is 24.3 Å². The quantitative estimate of drug-likeness (QED) is 0.479. The molecule has 0 radical (unpaired) electrons. The van der Waals surface area contributed by atoms with Gasteiger partial charge >= 0.3 is 6.09 Å². The van der Waals surface area contributed by atoms with Crippen LogP contribution in [0.1, 0.15) is 17.5 Å². The van der Waals surface area contributed by atoms with Gasteiger partial charge in [0.2, 0.25) is 0 Å². The predicted molar refractivity (Wildman–Crippen MR) is 100 cm³/mol. The van der Waals surface area contributed by atoms with E-state index in [9.17, 15) is 23.3 Å². The summed E-state index contributed by atoms with van der Waals surface area (Å²) < 4.78 is 31.9. The largest absolute Gasteiger partial charge is 0.432 e. The van der Waals surface area contributed by atoms with Crippen LogP contribution in [0.4, 0.5) is 10.5 Å². The number of aromatic nitrogens is 2. The molecule has 3 rings (SSSR count). The summed E-state index contributed by atoms with van der Waals surface area (Å²) in [6, 6.07) is 14.5. The molecule has 0 unspecified atom stereocenters. The molecule has 1 N–H and O–H groups in total. The molecule has 1 aromatic carbocycles. The third kappa shape index (κ3) is 4.71. The summed E-state index contributed by atoms with van der Waals surface area (Å²) in [5.74, 6) is 0. The van der Waals surface area contributed by atoms with Gasteiger partial charge < -0.3 is 4.74 Å². The van der Waals surface area contributed by atoms with E-state index in [0.29, 0.717) is 11.4 Å². The number of pyridine rings is 2. The monoisotopic (exact) mass is 414 g/mol. The molecule has 148 valence electrons. The summed E-state index contributed by atoms with van der Waals surface area (Å²) in [7, 11) is -4.55. The van der Waals surface area contributed by atoms with E-state index in [1.54, 1.807) is 41.1 Å². The molecule has 1 amide bonds. The van der Waals surface area contributed by atoms with E-state index < -0.39 is 37.7 Å². The van der Waals surface area contributed by atoms with E-state index in [2.05, 4.69) is 9.97 Å². The van der Waals surface area contributed by atoms with Gasteiger partial charge in [-0.15, -0.1) is 0 Å². The number of sulfonamides is 1. The van der Waals surface area contributed by atoms with Crippen LogP contribution in [0.25, 0.3) is 0 Å². The number of benzene rings is 1. The fourth-order valence-electron chi connectivity index (χ4n) is 2.47. The van der Waals surface area contributed by atoms with E-state index in [4.69, 9.17) is 4.74 Å². The molecule has 0 aliphatic heterocycles. The van der Waals surface area contributed by atoms with Gasteiger partial charge in [-0.2, -0.15) is 0 Å². The molecule has 0 saturated heterocycles. The molecule has 0 fully saturated rings. The Morgan fingerprint density at radius 1 is 0.966 bits per heavy atom. The zero-order valence-electron chi connectivity index (χ0n) is 14.7. The van der Waals surface area contributed by atoms with Crippen molar-refractivity contribution in [3.63, 3.8) is 0 Å². The molecule has 2 heterocycles. The van der Waals surface area contributed by atoms with Gasteiger partial charge in [-0.3, -0.25) is 20.1 Å². The molecule has 11 heteroatoms. The molecule has 3 aromatic rings. The summed E-state index contributed by atoms with van der Waals surface area (Å²) in [6.07, 6.45) is 0.551. The first kappa shape index (κ1) is 19.9. The first-order valence-electron chi connectivity index (χ1n) is 8.17. The number of nitro benzene ring substituents is 1. The molecule has 10 nitrogen and oxygen atoms in total. The second-order valence-electron chi connectivity index (χ2n) is 5.62. The van der Waals surface area contributed by atoms with Crippen molar-refractivity contribution < 1.29 is 22.9 Å². The second kappa shape index (κ2) is 8.44. The maximum absolute atomic E-state index is 12.5. The SMILES string of the molecule is O=C(NS(=O)(=O)c1ccccc1[N+](=O)[O-])OC(c1ccccn1)c1ccccn1. The van der Waals surface area contributed by atoms with Crippen molar-refractivity contribution in [2.24, 2.45) is 0 Å². The molecule has 0 aliphatic rings. The minimum absolute atomic E-state index is 0.324. The number of ether oxygens (including phenoxy) is 1. The minimum atomic E-state index is -4.55. The molecule has 0 aliphatic carbocycles. The number of carbonyl (C=O) groups excluding carboxylic acids is 1. The Morgan fingerprint density at radius 3 is 2.03 bits per heavy atom.